The summed E-state index contributed by atoms with van der Waals surface area (Å²) in [6, 6.07) is 7.53. The second-order valence-electron chi connectivity index (χ2n) is 3.95. The highest BCUT2D eigenvalue weighted by Crippen LogP contribution is 2.14. The molecule has 0 bridgehead atoms. The second-order valence-corrected chi connectivity index (χ2v) is 4.80. The smallest absolute Gasteiger partial charge is 0.251 e. The number of amides is 1. The zero-order valence-corrected chi connectivity index (χ0v) is 11.2. The van der Waals surface area contributed by atoms with E-state index < -0.39 is 0 Å². The van der Waals surface area contributed by atoms with Crippen LogP contribution in [-0.4, -0.2) is 17.9 Å². The molecule has 0 unspecified atom stereocenters. The topological polar surface area (TPSA) is 54.0 Å². The molecular formula is C13H15N3OS. The van der Waals surface area contributed by atoms with Gasteiger partial charge in [0.15, 0.2) is 5.13 Å². The highest BCUT2D eigenvalue weighted by atomic mass is 32.1. The quantitative estimate of drug-likeness (QED) is 0.888. The lowest BCUT2D eigenvalue weighted by atomic mass is 10.1. The van der Waals surface area contributed by atoms with Crippen LogP contribution in [0.15, 0.2) is 29.6 Å². The monoisotopic (exact) mass is 261 g/mol. The van der Waals surface area contributed by atoms with E-state index in [9.17, 15) is 4.79 Å². The summed E-state index contributed by atoms with van der Waals surface area (Å²) in [6.45, 7) is 2.42. The molecule has 0 spiro atoms. The van der Waals surface area contributed by atoms with Gasteiger partial charge in [-0.05, 0) is 19.1 Å². The van der Waals surface area contributed by atoms with Crippen molar-refractivity contribution in [1.29, 1.82) is 0 Å². The average molecular weight is 261 g/mol. The lowest BCUT2D eigenvalue weighted by molar-refractivity contribution is 0.0950. The zero-order chi connectivity index (χ0) is 13.0. The normalized spacial score (nSPS) is 10.1. The van der Waals surface area contributed by atoms with Crippen molar-refractivity contribution in [2.45, 2.75) is 13.5 Å². The third kappa shape index (κ3) is 3.07. The van der Waals surface area contributed by atoms with E-state index >= 15 is 0 Å². The molecule has 0 saturated carbocycles. The second kappa shape index (κ2) is 5.64. The van der Waals surface area contributed by atoms with Gasteiger partial charge in [0.25, 0.3) is 5.91 Å². The lowest BCUT2D eigenvalue weighted by Gasteiger charge is -2.04. The average Bonchev–Trinajstić information content (AvgIpc) is 2.84. The number of thiazole rings is 1. The Balaban J connectivity index is 1.96. The molecule has 0 aliphatic rings. The van der Waals surface area contributed by atoms with Gasteiger partial charge in [-0.1, -0.05) is 17.7 Å². The van der Waals surface area contributed by atoms with E-state index in [1.54, 1.807) is 0 Å². The maximum Gasteiger partial charge on any atom is 0.251 e. The van der Waals surface area contributed by atoms with Crippen molar-refractivity contribution in [2.75, 3.05) is 12.4 Å². The predicted octanol–water partition coefficient (Wildman–Crippen LogP) is 2.42. The fourth-order valence-electron chi connectivity index (χ4n) is 1.56. The van der Waals surface area contributed by atoms with Crippen LogP contribution in [0.5, 0.6) is 0 Å². The summed E-state index contributed by atoms with van der Waals surface area (Å²) < 4.78 is 0. The third-order valence-corrected chi connectivity index (χ3v) is 3.38. The Morgan fingerprint density at radius 1 is 1.44 bits per heavy atom. The van der Waals surface area contributed by atoms with Crippen molar-refractivity contribution in [3.05, 3.63) is 46.5 Å². The van der Waals surface area contributed by atoms with Gasteiger partial charge in [0.05, 0.1) is 12.2 Å². The Labute approximate surface area is 110 Å². The fourth-order valence-corrected chi connectivity index (χ4v) is 2.23. The summed E-state index contributed by atoms with van der Waals surface area (Å²) in [5.41, 5.74) is 2.62. The number of hydrogen-bond acceptors (Lipinski definition) is 4. The summed E-state index contributed by atoms with van der Waals surface area (Å²) in [5.74, 6) is -0.0716. The summed E-state index contributed by atoms with van der Waals surface area (Å²) in [7, 11) is 1.83. The van der Waals surface area contributed by atoms with Crippen LogP contribution in [0.3, 0.4) is 0 Å². The van der Waals surface area contributed by atoms with Gasteiger partial charge in [-0.3, -0.25) is 4.79 Å². The zero-order valence-electron chi connectivity index (χ0n) is 10.4. The molecule has 18 heavy (non-hydrogen) atoms. The molecule has 1 amide bonds. The number of nitrogens with zero attached hydrogens (tertiary/aromatic N) is 1. The molecule has 0 saturated heterocycles. The molecular weight excluding hydrogens is 246 g/mol. The van der Waals surface area contributed by atoms with Crippen molar-refractivity contribution in [2.24, 2.45) is 0 Å². The van der Waals surface area contributed by atoms with E-state index in [0.29, 0.717) is 12.1 Å². The van der Waals surface area contributed by atoms with Gasteiger partial charge in [-0.15, -0.1) is 11.3 Å². The molecule has 2 N–H and O–H groups in total. The summed E-state index contributed by atoms with van der Waals surface area (Å²) >= 11 is 1.53. The molecule has 0 aliphatic heterocycles. The first-order valence-corrected chi connectivity index (χ1v) is 6.54. The minimum atomic E-state index is -0.0716. The van der Waals surface area contributed by atoms with Crippen molar-refractivity contribution in [3.8, 4) is 0 Å². The largest absolute Gasteiger partial charge is 0.365 e. The minimum absolute atomic E-state index is 0.0716. The number of anilines is 1. The Morgan fingerprint density at radius 2 is 2.28 bits per heavy atom. The van der Waals surface area contributed by atoms with Crippen LogP contribution in [-0.2, 0) is 6.54 Å². The van der Waals surface area contributed by atoms with Gasteiger partial charge in [0.1, 0.15) is 0 Å². The fraction of sp³-hybridized carbons (Fsp3) is 0.231. The van der Waals surface area contributed by atoms with E-state index in [4.69, 9.17) is 0 Å². The Morgan fingerprint density at radius 3 is 2.94 bits per heavy atom. The number of carbonyl (C=O) groups is 1. The minimum Gasteiger partial charge on any atom is -0.365 e. The van der Waals surface area contributed by atoms with Gasteiger partial charge < -0.3 is 10.6 Å². The van der Waals surface area contributed by atoms with Crippen LogP contribution in [0.1, 0.15) is 21.6 Å². The van der Waals surface area contributed by atoms with Gasteiger partial charge in [-0.2, -0.15) is 0 Å². The van der Waals surface area contributed by atoms with Crippen molar-refractivity contribution >= 4 is 22.4 Å². The van der Waals surface area contributed by atoms with E-state index in [1.165, 1.54) is 11.3 Å². The van der Waals surface area contributed by atoms with Crippen LogP contribution in [0, 0.1) is 6.92 Å². The summed E-state index contributed by atoms with van der Waals surface area (Å²) in [4.78, 5) is 16.2. The first-order chi connectivity index (χ1) is 8.69. The molecule has 94 valence electrons. The molecule has 1 heterocycles. The molecule has 2 rings (SSSR count). The molecule has 1 aromatic carbocycles. The Hall–Kier alpha value is -1.88. The van der Waals surface area contributed by atoms with Crippen LogP contribution in [0.4, 0.5) is 5.13 Å². The molecule has 0 radical (unpaired) electrons. The standard InChI is InChI=1S/C13H15N3OS/c1-9-4-3-5-10(6-9)12(17)15-7-11-8-18-13(14-2)16-11/h3-6,8H,7H2,1-2H3,(H,14,16)(H,15,17). The van der Waals surface area contributed by atoms with E-state index in [2.05, 4.69) is 15.6 Å². The van der Waals surface area contributed by atoms with E-state index in [-0.39, 0.29) is 5.91 Å². The molecule has 1 aromatic heterocycles. The number of aromatic nitrogens is 1. The number of hydrogen-bond donors (Lipinski definition) is 2. The summed E-state index contributed by atoms with van der Waals surface area (Å²) in [6.07, 6.45) is 0. The number of nitrogens with one attached hydrogen (secondary N) is 2. The predicted molar refractivity (Wildman–Crippen MR) is 74.0 cm³/mol. The number of benzene rings is 1. The summed E-state index contributed by atoms with van der Waals surface area (Å²) in [5, 5.41) is 8.62. The first-order valence-electron chi connectivity index (χ1n) is 5.66. The number of aryl methyl sites for hydroxylation is 1. The van der Waals surface area contributed by atoms with Crippen molar-refractivity contribution in [1.82, 2.24) is 10.3 Å². The van der Waals surface area contributed by atoms with Crippen molar-refractivity contribution in [3.63, 3.8) is 0 Å². The molecule has 4 nitrogen and oxygen atoms in total. The highest BCUT2D eigenvalue weighted by molar-refractivity contribution is 7.13. The maximum absolute atomic E-state index is 11.9. The third-order valence-electron chi connectivity index (χ3n) is 2.48. The van der Waals surface area contributed by atoms with Gasteiger partial charge in [-0.25, -0.2) is 4.98 Å². The maximum atomic E-state index is 11.9. The van der Waals surface area contributed by atoms with Crippen molar-refractivity contribution < 1.29 is 4.79 Å². The van der Waals surface area contributed by atoms with Gasteiger partial charge >= 0.3 is 0 Å². The van der Waals surface area contributed by atoms with Gasteiger partial charge in [0.2, 0.25) is 0 Å². The Bertz CT molecular complexity index is 551. The van der Waals surface area contributed by atoms with Crippen LogP contribution >= 0.6 is 11.3 Å². The van der Waals surface area contributed by atoms with E-state index in [1.807, 2.05) is 43.6 Å². The molecule has 2 aromatic rings. The Kier molecular flexibility index (Phi) is 3.94. The van der Waals surface area contributed by atoms with Crippen LogP contribution in [0.2, 0.25) is 0 Å². The molecule has 0 fully saturated rings. The molecule has 0 atom stereocenters. The van der Waals surface area contributed by atoms with Gasteiger partial charge in [0, 0.05) is 18.0 Å². The highest BCUT2D eigenvalue weighted by Gasteiger charge is 2.06. The van der Waals surface area contributed by atoms with E-state index in [0.717, 1.165) is 16.4 Å². The first kappa shape index (κ1) is 12.6. The van der Waals surface area contributed by atoms with Crippen LogP contribution < -0.4 is 10.6 Å². The van der Waals surface area contributed by atoms with Crippen LogP contribution in [0.25, 0.3) is 0 Å². The molecule has 0 aliphatic carbocycles. The lowest BCUT2D eigenvalue weighted by Crippen LogP contribution is -2.22. The number of carbonyl (C=O) groups excluding carboxylic acids is 1. The number of rotatable bonds is 4. The molecule has 5 heteroatoms. The SMILES string of the molecule is CNc1nc(CNC(=O)c2cccc(C)c2)cs1.